The molecule has 1 saturated heterocycles. The number of carbonyl (C=O) groups is 2. The van der Waals surface area contributed by atoms with Gasteiger partial charge >= 0.3 is 5.97 Å². The lowest BCUT2D eigenvalue weighted by Gasteiger charge is -2.11. The summed E-state index contributed by atoms with van der Waals surface area (Å²) in [6.45, 7) is 0.399. The van der Waals surface area contributed by atoms with Crippen LogP contribution in [0.5, 0.6) is 0 Å². The number of carbonyl (C=O) groups excluding carboxylic acids is 1. The van der Waals surface area contributed by atoms with Crippen molar-refractivity contribution < 1.29 is 19.4 Å². The van der Waals surface area contributed by atoms with Crippen molar-refractivity contribution in [3.63, 3.8) is 0 Å². The highest BCUT2D eigenvalue weighted by Crippen LogP contribution is 2.20. The third-order valence-electron chi connectivity index (χ3n) is 2.94. The van der Waals surface area contributed by atoms with Gasteiger partial charge in [-0.05, 0) is 30.5 Å². The molecular formula is C13H14BrNO4. The molecule has 102 valence electrons. The van der Waals surface area contributed by atoms with E-state index in [1.165, 1.54) is 0 Å². The Morgan fingerprint density at radius 1 is 1.37 bits per heavy atom. The molecule has 6 heteroatoms. The summed E-state index contributed by atoms with van der Waals surface area (Å²) < 4.78 is 6.12. The van der Waals surface area contributed by atoms with Gasteiger partial charge in [0.25, 0.3) is 0 Å². The topological polar surface area (TPSA) is 75.6 Å². The number of halogens is 1. The largest absolute Gasteiger partial charge is 0.479 e. The summed E-state index contributed by atoms with van der Waals surface area (Å²) in [6, 6.07) is 7.61. The van der Waals surface area contributed by atoms with Crippen LogP contribution in [0.15, 0.2) is 28.7 Å². The number of nitrogens with one attached hydrogen (secondary N) is 1. The number of carboxylic acids is 1. The van der Waals surface area contributed by atoms with Gasteiger partial charge in [-0.2, -0.15) is 0 Å². The second-order valence-corrected chi connectivity index (χ2v) is 5.29. The van der Waals surface area contributed by atoms with E-state index in [0.717, 1.165) is 10.0 Å². The number of hydrogen-bond donors (Lipinski definition) is 2. The van der Waals surface area contributed by atoms with Crippen LogP contribution < -0.4 is 5.32 Å². The Kier molecular flexibility index (Phi) is 4.55. The van der Waals surface area contributed by atoms with Crippen molar-refractivity contribution in [1.29, 1.82) is 0 Å². The molecule has 0 spiro atoms. The molecule has 2 N–H and O–H groups in total. The van der Waals surface area contributed by atoms with E-state index < -0.39 is 18.2 Å². The second kappa shape index (κ2) is 6.16. The first kappa shape index (κ1) is 14.0. The van der Waals surface area contributed by atoms with Crippen molar-refractivity contribution >= 4 is 27.8 Å². The number of hydrogen-bond acceptors (Lipinski definition) is 3. The lowest BCUT2D eigenvalue weighted by molar-refractivity contribution is -0.151. The third kappa shape index (κ3) is 3.78. The number of amides is 1. The van der Waals surface area contributed by atoms with E-state index >= 15 is 0 Å². The molecule has 19 heavy (non-hydrogen) atoms. The van der Waals surface area contributed by atoms with E-state index in [9.17, 15) is 9.59 Å². The fourth-order valence-corrected chi connectivity index (χ4v) is 2.41. The molecule has 0 bridgehead atoms. The molecule has 2 atom stereocenters. The van der Waals surface area contributed by atoms with E-state index in [1.807, 2.05) is 24.3 Å². The van der Waals surface area contributed by atoms with Gasteiger partial charge in [0.15, 0.2) is 6.10 Å². The number of carboxylic acid groups (broad SMARTS) is 1. The van der Waals surface area contributed by atoms with Crippen molar-refractivity contribution in [3.05, 3.63) is 34.3 Å². The van der Waals surface area contributed by atoms with Crippen molar-refractivity contribution in [2.45, 2.75) is 31.6 Å². The molecule has 1 fully saturated rings. The highest BCUT2D eigenvalue weighted by Gasteiger charge is 2.34. The first-order valence-corrected chi connectivity index (χ1v) is 6.76. The SMILES string of the molecule is O=C(NCc1cccc(Br)c1)[C@@H]1CC[C@H](C(=O)O)O1. The van der Waals surface area contributed by atoms with Crippen LogP contribution in [0, 0.1) is 0 Å². The zero-order chi connectivity index (χ0) is 13.8. The number of rotatable bonds is 4. The highest BCUT2D eigenvalue weighted by atomic mass is 79.9. The van der Waals surface area contributed by atoms with Gasteiger partial charge in [-0.25, -0.2) is 4.79 Å². The molecule has 0 radical (unpaired) electrons. The maximum Gasteiger partial charge on any atom is 0.332 e. The molecule has 1 aromatic carbocycles. The van der Waals surface area contributed by atoms with E-state index in [-0.39, 0.29) is 5.91 Å². The van der Waals surface area contributed by atoms with Crippen molar-refractivity contribution in [3.8, 4) is 0 Å². The molecule has 0 aliphatic carbocycles. The lowest BCUT2D eigenvalue weighted by Crippen LogP contribution is -2.35. The maximum atomic E-state index is 11.8. The molecule has 2 rings (SSSR count). The Hall–Kier alpha value is -1.40. The summed E-state index contributed by atoms with van der Waals surface area (Å²) >= 11 is 3.36. The van der Waals surface area contributed by atoms with Gasteiger partial charge in [-0.15, -0.1) is 0 Å². The smallest absolute Gasteiger partial charge is 0.332 e. The molecule has 0 aromatic heterocycles. The zero-order valence-electron chi connectivity index (χ0n) is 10.1. The first-order chi connectivity index (χ1) is 9.06. The fraction of sp³-hybridized carbons (Fsp3) is 0.385. The Morgan fingerprint density at radius 2 is 2.11 bits per heavy atom. The monoisotopic (exact) mass is 327 g/mol. The highest BCUT2D eigenvalue weighted by molar-refractivity contribution is 9.10. The molecule has 5 nitrogen and oxygen atoms in total. The van der Waals surface area contributed by atoms with Crippen LogP contribution in [0.1, 0.15) is 18.4 Å². The molecule has 1 heterocycles. The maximum absolute atomic E-state index is 11.8. The van der Waals surface area contributed by atoms with Gasteiger partial charge in [0.1, 0.15) is 6.10 Å². The van der Waals surface area contributed by atoms with Crippen LogP contribution in [0.2, 0.25) is 0 Å². The molecule has 1 aliphatic heterocycles. The predicted octanol–water partition coefficient (Wildman–Crippen LogP) is 1.70. The molecule has 1 aliphatic rings. The summed E-state index contributed by atoms with van der Waals surface area (Å²) in [5, 5.41) is 11.5. The summed E-state index contributed by atoms with van der Waals surface area (Å²) in [6.07, 6.45) is -0.694. The lowest BCUT2D eigenvalue weighted by atomic mass is 10.2. The van der Waals surface area contributed by atoms with Crippen LogP contribution in [0.25, 0.3) is 0 Å². The van der Waals surface area contributed by atoms with Gasteiger partial charge in [0.2, 0.25) is 5.91 Å². The van der Waals surface area contributed by atoms with E-state index in [1.54, 1.807) is 0 Å². The van der Waals surface area contributed by atoms with Crippen LogP contribution >= 0.6 is 15.9 Å². The van der Waals surface area contributed by atoms with Crippen molar-refractivity contribution in [2.24, 2.45) is 0 Å². The fourth-order valence-electron chi connectivity index (χ4n) is 1.96. The summed E-state index contributed by atoms with van der Waals surface area (Å²) in [5.74, 6) is -1.27. The van der Waals surface area contributed by atoms with Gasteiger partial charge < -0.3 is 15.2 Å². The van der Waals surface area contributed by atoms with E-state index in [4.69, 9.17) is 9.84 Å². The van der Waals surface area contributed by atoms with Crippen LogP contribution in [-0.2, 0) is 20.9 Å². The van der Waals surface area contributed by atoms with E-state index in [0.29, 0.717) is 19.4 Å². The van der Waals surface area contributed by atoms with Crippen molar-refractivity contribution in [2.75, 3.05) is 0 Å². The predicted molar refractivity (Wildman–Crippen MR) is 71.5 cm³/mol. The average molecular weight is 328 g/mol. The molecular weight excluding hydrogens is 314 g/mol. The van der Waals surface area contributed by atoms with Gasteiger partial charge in [0.05, 0.1) is 0 Å². The summed E-state index contributed by atoms with van der Waals surface area (Å²) in [7, 11) is 0. The standard InChI is InChI=1S/C13H14BrNO4/c14-9-3-1-2-8(6-9)7-15-12(16)10-4-5-11(19-10)13(17)18/h1-3,6,10-11H,4-5,7H2,(H,15,16)(H,17,18)/t10-,11+/m0/s1. The van der Waals surface area contributed by atoms with Crippen molar-refractivity contribution in [1.82, 2.24) is 5.32 Å². The normalized spacial score (nSPS) is 22.2. The Bertz CT molecular complexity index is 491. The van der Waals surface area contributed by atoms with Gasteiger partial charge in [-0.1, -0.05) is 28.1 Å². The minimum absolute atomic E-state index is 0.260. The molecule has 1 aromatic rings. The quantitative estimate of drug-likeness (QED) is 0.882. The second-order valence-electron chi connectivity index (χ2n) is 4.38. The molecule has 0 saturated carbocycles. The minimum Gasteiger partial charge on any atom is -0.479 e. The van der Waals surface area contributed by atoms with Crippen LogP contribution in [0.3, 0.4) is 0 Å². The molecule has 0 unspecified atom stereocenters. The van der Waals surface area contributed by atoms with Crippen LogP contribution in [0.4, 0.5) is 0 Å². The van der Waals surface area contributed by atoms with Crippen LogP contribution in [-0.4, -0.2) is 29.2 Å². The summed E-state index contributed by atoms with van der Waals surface area (Å²) in [5.41, 5.74) is 0.968. The Morgan fingerprint density at radius 3 is 2.74 bits per heavy atom. The Labute approximate surface area is 119 Å². The van der Waals surface area contributed by atoms with Gasteiger partial charge in [0, 0.05) is 11.0 Å². The third-order valence-corrected chi connectivity index (χ3v) is 3.44. The zero-order valence-corrected chi connectivity index (χ0v) is 11.7. The average Bonchev–Trinajstić information content (AvgIpc) is 2.86. The number of ether oxygens (including phenoxy) is 1. The Balaban J connectivity index is 1.84. The van der Waals surface area contributed by atoms with Gasteiger partial charge in [-0.3, -0.25) is 4.79 Å². The number of benzene rings is 1. The number of aliphatic carboxylic acids is 1. The molecule has 1 amide bonds. The minimum atomic E-state index is -1.01. The first-order valence-electron chi connectivity index (χ1n) is 5.96. The van der Waals surface area contributed by atoms with E-state index in [2.05, 4.69) is 21.2 Å². The summed E-state index contributed by atoms with van der Waals surface area (Å²) in [4.78, 5) is 22.6.